The highest BCUT2D eigenvalue weighted by atomic mass is 16.7. The molecule has 1 aliphatic heterocycles. The Labute approximate surface area is 103 Å². The summed E-state index contributed by atoms with van der Waals surface area (Å²) >= 11 is 0. The van der Waals surface area contributed by atoms with Crippen molar-refractivity contribution < 1.29 is 14.2 Å². The Morgan fingerprint density at radius 2 is 2.06 bits per heavy atom. The molecule has 1 fully saturated rings. The Kier molecular flexibility index (Phi) is 4.40. The molecule has 1 aromatic carbocycles. The van der Waals surface area contributed by atoms with Crippen molar-refractivity contribution in [1.29, 1.82) is 0 Å². The summed E-state index contributed by atoms with van der Waals surface area (Å²) in [4.78, 5) is 0. The Hall–Kier alpha value is -1.06. The Morgan fingerprint density at radius 3 is 2.71 bits per heavy atom. The van der Waals surface area contributed by atoms with Crippen LogP contribution in [0.2, 0.25) is 0 Å². The molecule has 94 valence electrons. The summed E-state index contributed by atoms with van der Waals surface area (Å²) in [5.74, 6) is 0.856. The molecule has 1 aliphatic rings. The molecule has 3 nitrogen and oxygen atoms in total. The molecular formula is C14H20O3. The molecule has 0 aliphatic carbocycles. The fraction of sp³-hybridized carbons (Fsp3) is 0.571. The second kappa shape index (κ2) is 6.03. The Morgan fingerprint density at radius 1 is 1.29 bits per heavy atom. The number of benzene rings is 1. The zero-order chi connectivity index (χ0) is 12.1. The first-order valence-corrected chi connectivity index (χ1v) is 6.24. The second-order valence-electron chi connectivity index (χ2n) is 4.31. The number of methoxy groups -OCH3 is 1. The van der Waals surface area contributed by atoms with Crippen LogP contribution in [0.5, 0.6) is 5.75 Å². The zero-order valence-electron chi connectivity index (χ0n) is 10.5. The van der Waals surface area contributed by atoms with Gasteiger partial charge in [-0.1, -0.05) is 25.5 Å². The van der Waals surface area contributed by atoms with Crippen molar-refractivity contribution >= 4 is 0 Å². The van der Waals surface area contributed by atoms with Gasteiger partial charge in [0.15, 0.2) is 6.29 Å². The summed E-state index contributed by atoms with van der Waals surface area (Å²) in [6.07, 6.45) is 3.38. The number of rotatable bonds is 4. The molecular weight excluding hydrogens is 216 g/mol. The standard InChI is InChI=1S/C14H20O3/c1-3-4-13-9-10-16-14(17-13)11-5-7-12(15-2)8-6-11/h5-8,13-14H,3-4,9-10H2,1-2H3. The van der Waals surface area contributed by atoms with E-state index in [1.165, 1.54) is 0 Å². The molecule has 0 saturated carbocycles. The summed E-state index contributed by atoms with van der Waals surface area (Å²) in [5, 5.41) is 0. The lowest BCUT2D eigenvalue weighted by Crippen LogP contribution is -2.26. The molecule has 0 spiro atoms. The van der Waals surface area contributed by atoms with Gasteiger partial charge >= 0.3 is 0 Å². The van der Waals surface area contributed by atoms with Crippen LogP contribution in [0.25, 0.3) is 0 Å². The largest absolute Gasteiger partial charge is 0.497 e. The number of hydrogen-bond donors (Lipinski definition) is 0. The van der Waals surface area contributed by atoms with Crippen LogP contribution in [0.15, 0.2) is 24.3 Å². The topological polar surface area (TPSA) is 27.7 Å². The average molecular weight is 236 g/mol. The van der Waals surface area contributed by atoms with E-state index in [4.69, 9.17) is 14.2 Å². The summed E-state index contributed by atoms with van der Waals surface area (Å²) in [6.45, 7) is 2.96. The van der Waals surface area contributed by atoms with Crippen molar-refractivity contribution in [3.8, 4) is 5.75 Å². The smallest absolute Gasteiger partial charge is 0.184 e. The molecule has 0 amide bonds. The maximum atomic E-state index is 5.92. The number of hydrogen-bond acceptors (Lipinski definition) is 3. The first kappa shape index (κ1) is 12.4. The third-order valence-electron chi connectivity index (χ3n) is 3.02. The lowest BCUT2D eigenvalue weighted by atomic mass is 10.1. The van der Waals surface area contributed by atoms with E-state index in [9.17, 15) is 0 Å². The van der Waals surface area contributed by atoms with Crippen LogP contribution in [-0.2, 0) is 9.47 Å². The van der Waals surface area contributed by atoms with Gasteiger partial charge in [0.1, 0.15) is 5.75 Å². The van der Waals surface area contributed by atoms with Crippen LogP contribution in [0.4, 0.5) is 0 Å². The second-order valence-corrected chi connectivity index (χ2v) is 4.31. The highest BCUT2D eigenvalue weighted by Crippen LogP contribution is 2.28. The fourth-order valence-electron chi connectivity index (χ4n) is 2.06. The molecule has 3 heteroatoms. The normalized spacial score (nSPS) is 24.6. The summed E-state index contributed by atoms with van der Waals surface area (Å²) in [5.41, 5.74) is 1.06. The molecule has 0 N–H and O–H groups in total. The van der Waals surface area contributed by atoms with Gasteiger partial charge in [-0.05, 0) is 25.0 Å². The minimum atomic E-state index is -0.216. The highest BCUT2D eigenvalue weighted by Gasteiger charge is 2.23. The van der Waals surface area contributed by atoms with Crippen LogP contribution in [0.1, 0.15) is 38.0 Å². The van der Waals surface area contributed by atoms with E-state index in [1.807, 2.05) is 24.3 Å². The molecule has 0 aromatic heterocycles. The SMILES string of the molecule is CCCC1CCOC(c2ccc(OC)cc2)O1. The minimum Gasteiger partial charge on any atom is -0.497 e. The predicted molar refractivity (Wildman–Crippen MR) is 66.1 cm³/mol. The van der Waals surface area contributed by atoms with Crippen molar-refractivity contribution in [3.05, 3.63) is 29.8 Å². The van der Waals surface area contributed by atoms with Gasteiger partial charge in [0.2, 0.25) is 0 Å². The van der Waals surface area contributed by atoms with Gasteiger partial charge in [-0.15, -0.1) is 0 Å². The van der Waals surface area contributed by atoms with Gasteiger partial charge in [0, 0.05) is 5.56 Å². The summed E-state index contributed by atoms with van der Waals surface area (Å²) in [7, 11) is 1.67. The Balaban J connectivity index is 2.00. The molecule has 2 rings (SSSR count). The van der Waals surface area contributed by atoms with Gasteiger partial charge < -0.3 is 14.2 Å². The van der Waals surface area contributed by atoms with Gasteiger partial charge in [0.05, 0.1) is 19.8 Å². The summed E-state index contributed by atoms with van der Waals surface area (Å²) < 4.78 is 16.7. The van der Waals surface area contributed by atoms with Crippen molar-refractivity contribution in [2.24, 2.45) is 0 Å². The van der Waals surface area contributed by atoms with E-state index >= 15 is 0 Å². The quantitative estimate of drug-likeness (QED) is 0.802. The van der Waals surface area contributed by atoms with Crippen molar-refractivity contribution in [1.82, 2.24) is 0 Å². The molecule has 17 heavy (non-hydrogen) atoms. The molecule has 1 aromatic rings. The van der Waals surface area contributed by atoms with Crippen LogP contribution in [-0.4, -0.2) is 19.8 Å². The van der Waals surface area contributed by atoms with Crippen molar-refractivity contribution in [3.63, 3.8) is 0 Å². The lowest BCUT2D eigenvalue weighted by Gasteiger charge is -2.30. The van der Waals surface area contributed by atoms with E-state index in [0.717, 1.165) is 37.2 Å². The van der Waals surface area contributed by atoms with Crippen molar-refractivity contribution in [2.75, 3.05) is 13.7 Å². The van der Waals surface area contributed by atoms with E-state index in [2.05, 4.69) is 6.92 Å². The third-order valence-corrected chi connectivity index (χ3v) is 3.02. The molecule has 1 saturated heterocycles. The van der Waals surface area contributed by atoms with Gasteiger partial charge in [0.25, 0.3) is 0 Å². The summed E-state index contributed by atoms with van der Waals surface area (Å²) in [6, 6.07) is 7.87. The van der Waals surface area contributed by atoms with Crippen LogP contribution < -0.4 is 4.74 Å². The first-order chi connectivity index (χ1) is 8.33. The predicted octanol–water partition coefficient (Wildman–Crippen LogP) is 3.30. The van der Waals surface area contributed by atoms with E-state index in [1.54, 1.807) is 7.11 Å². The molecule has 0 radical (unpaired) electrons. The van der Waals surface area contributed by atoms with Crippen LogP contribution in [0.3, 0.4) is 0 Å². The molecule has 1 heterocycles. The monoisotopic (exact) mass is 236 g/mol. The van der Waals surface area contributed by atoms with E-state index in [-0.39, 0.29) is 6.29 Å². The lowest BCUT2D eigenvalue weighted by molar-refractivity contribution is -0.218. The van der Waals surface area contributed by atoms with E-state index in [0.29, 0.717) is 6.10 Å². The first-order valence-electron chi connectivity index (χ1n) is 6.24. The van der Waals surface area contributed by atoms with Crippen LogP contribution >= 0.6 is 0 Å². The molecule has 0 bridgehead atoms. The average Bonchev–Trinajstić information content (AvgIpc) is 2.40. The van der Waals surface area contributed by atoms with Gasteiger partial charge in [-0.2, -0.15) is 0 Å². The Bertz CT molecular complexity index is 332. The van der Waals surface area contributed by atoms with Crippen molar-refractivity contribution in [2.45, 2.75) is 38.6 Å². The third kappa shape index (κ3) is 3.20. The van der Waals surface area contributed by atoms with Gasteiger partial charge in [-0.3, -0.25) is 0 Å². The zero-order valence-corrected chi connectivity index (χ0v) is 10.5. The maximum absolute atomic E-state index is 5.92. The maximum Gasteiger partial charge on any atom is 0.184 e. The fourth-order valence-corrected chi connectivity index (χ4v) is 2.06. The minimum absolute atomic E-state index is 0.216. The van der Waals surface area contributed by atoms with Gasteiger partial charge in [-0.25, -0.2) is 0 Å². The van der Waals surface area contributed by atoms with Crippen LogP contribution in [0, 0.1) is 0 Å². The number of ether oxygens (including phenoxy) is 3. The molecule has 2 unspecified atom stereocenters. The molecule has 2 atom stereocenters. The van der Waals surface area contributed by atoms with E-state index < -0.39 is 0 Å². The highest BCUT2D eigenvalue weighted by molar-refractivity contribution is 5.27.